The highest BCUT2D eigenvalue weighted by Gasteiger charge is 2.47. The van der Waals surface area contributed by atoms with E-state index in [0.29, 0.717) is 5.56 Å². The van der Waals surface area contributed by atoms with Gasteiger partial charge in [-0.15, -0.1) is 0 Å². The highest BCUT2D eigenvalue weighted by atomic mass is 19.1. The van der Waals surface area contributed by atoms with Gasteiger partial charge in [0.15, 0.2) is 6.10 Å². The van der Waals surface area contributed by atoms with Crippen LogP contribution in [0.3, 0.4) is 0 Å². The van der Waals surface area contributed by atoms with E-state index in [1.165, 1.54) is 12.1 Å². The first kappa shape index (κ1) is 17.7. The molecule has 2 heterocycles. The number of hydrogen-bond acceptors (Lipinski definition) is 3. The van der Waals surface area contributed by atoms with Crippen molar-refractivity contribution >= 4 is 6.09 Å². The summed E-state index contributed by atoms with van der Waals surface area (Å²) in [6.45, 7) is 1.86. The minimum absolute atomic E-state index is 0.345. The number of aromatic nitrogens is 1. The number of carbonyl (C=O) groups excluding carboxylic acids is 1. The number of carbonyl (C=O) groups is 1. The zero-order valence-corrected chi connectivity index (χ0v) is 15.1. The second-order valence-corrected chi connectivity index (χ2v) is 6.74. The van der Waals surface area contributed by atoms with Gasteiger partial charge in [-0.05, 0) is 42.8 Å². The Morgan fingerprint density at radius 2 is 1.75 bits per heavy atom. The first-order valence-electron chi connectivity index (χ1n) is 8.81. The van der Waals surface area contributed by atoms with Crippen molar-refractivity contribution in [3.63, 3.8) is 0 Å². The Balaban J connectivity index is 1.69. The van der Waals surface area contributed by atoms with E-state index in [9.17, 15) is 9.18 Å². The van der Waals surface area contributed by atoms with Gasteiger partial charge < -0.3 is 10.1 Å². The van der Waals surface area contributed by atoms with Crippen LogP contribution in [-0.2, 0) is 10.3 Å². The zero-order valence-electron chi connectivity index (χ0n) is 15.1. The maximum Gasteiger partial charge on any atom is 0.408 e. The second kappa shape index (κ2) is 7.16. The van der Waals surface area contributed by atoms with E-state index in [2.05, 4.69) is 22.1 Å². The minimum Gasteiger partial charge on any atom is -0.438 e. The minimum atomic E-state index is -0.855. The fourth-order valence-corrected chi connectivity index (χ4v) is 3.25. The molecule has 1 aliphatic heterocycles. The van der Waals surface area contributed by atoms with Crippen molar-refractivity contribution in [3.8, 4) is 11.8 Å². The Morgan fingerprint density at radius 1 is 1.04 bits per heavy atom. The molecule has 2 atom stereocenters. The number of alkyl carbamates (subject to hydrolysis) is 1. The first-order valence-corrected chi connectivity index (χ1v) is 8.81. The van der Waals surface area contributed by atoms with Gasteiger partial charge in [-0.1, -0.05) is 42.2 Å². The van der Waals surface area contributed by atoms with Gasteiger partial charge in [-0.2, -0.15) is 0 Å². The molecule has 0 aliphatic carbocycles. The molecule has 0 radical (unpaired) electrons. The molecule has 1 aliphatic rings. The van der Waals surface area contributed by atoms with Crippen LogP contribution >= 0.6 is 0 Å². The monoisotopic (exact) mass is 372 g/mol. The van der Waals surface area contributed by atoms with Crippen LogP contribution in [0.2, 0.25) is 0 Å². The van der Waals surface area contributed by atoms with Crippen molar-refractivity contribution in [2.24, 2.45) is 0 Å². The molecule has 2 aromatic carbocycles. The van der Waals surface area contributed by atoms with E-state index in [0.717, 1.165) is 16.7 Å². The van der Waals surface area contributed by atoms with Gasteiger partial charge in [0.1, 0.15) is 11.4 Å². The quantitative estimate of drug-likeness (QED) is 0.682. The Morgan fingerprint density at radius 3 is 2.50 bits per heavy atom. The number of nitrogens with zero attached hydrogens (tertiary/aromatic N) is 1. The summed E-state index contributed by atoms with van der Waals surface area (Å²) >= 11 is 0. The van der Waals surface area contributed by atoms with Crippen molar-refractivity contribution in [1.82, 2.24) is 10.3 Å². The number of cyclic esters (lactones) is 1. The number of hydrogen-bond donors (Lipinski definition) is 1. The van der Waals surface area contributed by atoms with Crippen molar-refractivity contribution in [1.29, 1.82) is 0 Å². The van der Waals surface area contributed by atoms with Crippen LogP contribution in [0, 0.1) is 17.7 Å². The SMILES string of the molecule is C[C@]1(c2cncc(C#Cc3ccccc3)c2)NC(=O)O[C@@H]1c1ccc(F)cc1. The van der Waals surface area contributed by atoms with Gasteiger partial charge in [0.25, 0.3) is 0 Å². The summed E-state index contributed by atoms with van der Waals surface area (Å²) in [4.78, 5) is 16.3. The molecule has 5 heteroatoms. The lowest BCUT2D eigenvalue weighted by molar-refractivity contribution is 0.112. The number of pyridine rings is 1. The van der Waals surface area contributed by atoms with Crippen LogP contribution < -0.4 is 5.32 Å². The Hall–Kier alpha value is -3.65. The van der Waals surface area contributed by atoms with Crippen LogP contribution in [0.25, 0.3) is 0 Å². The summed E-state index contributed by atoms with van der Waals surface area (Å²) in [6.07, 6.45) is 2.21. The molecule has 0 unspecified atom stereocenters. The van der Waals surface area contributed by atoms with Crippen LogP contribution in [0.1, 0.15) is 35.3 Å². The van der Waals surface area contributed by atoms with E-state index in [4.69, 9.17) is 4.74 Å². The third kappa shape index (κ3) is 3.45. The number of halogens is 1. The van der Waals surface area contributed by atoms with Gasteiger partial charge in [0.2, 0.25) is 0 Å². The molecular formula is C23H17FN2O2. The van der Waals surface area contributed by atoms with Gasteiger partial charge >= 0.3 is 6.09 Å². The van der Waals surface area contributed by atoms with E-state index in [1.54, 1.807) is 24.5 Å². The molecule has 1 amide bonds. The standard InChI is InChI=1S/C23H17FN2O2/c1-23(21(28-22(27)26-23)18-9-11-20(24)12-10-18)19-13-17(14-25-15-19)8-7-16-5-3-2-4-6-16/h2-6,9-15,21H,1H3,(H,26,27)/t21-,23-/m1/s1. The summed E-state index contributed by atoms with van der Waals surface area (Å²) in [5, 5.41) is 2.87. The number of benzene rings is 2. The number of amides is 1. The topological polar surface area (TPSA) is 51.2 Å². The average molecular weight is 372 g/mol. The van der Waals surface area contributed by atoms with E-state index in [1.807, 2.05) is 43.3 Å². The molecule has 4 nitrogen and oxygen atoms in total. The Kier molecular flexibility index (Phi) is 4.54. The number of ether oxygens (including phenoxy) is 1. The highest BCUT2D eigenvalue weighted by Crippen LogP contribution is 2.41. The zero-order chi connectivity index (χ0) is 19.6. The van der Waals surface area contributed by atoms with Crippen LogP contribution in [0.5, 0.6) is 0 Å². The van der Waals surface area contributed by atoms with Crippen molar-refractivity contribution in [2.45, 2.75) is 18.6 Å². The van der Waals surface area contributed by atoms with Gasteiger partial charge in [0, 0.05) is 29.1 Å². The molecule has 1 saturated heterocycles. The lowest BCUT2D eigenvalue weighted by Gasteiger charge is -2.29. The maximum absolute atomic E-state index is 13.3. The van der Waals surface area contributed by atoms with Crippen LogP contribution in [0.4, 0.5) is 9.18 Å². The summed E-state index contributed by atoms with van der Waals surface area (Å²) < 4.78 is 18.8. The molecule has 3 aromatic rings. The second-order valence-electron chi connectivity index (χ2n) is 6.74. The number of nitrogens with one attached hydrogen (secondary N) is 1. The molecule has 28 heavy (non-hydrogen) atoms. The fourth-order valence-electron chi connectivity index (χ4n) is 3.25. The van der Waals surface area contributed by atoms with Crippen molar-refractivity contribution < 1.29 is 13.9 Å². The molecule has 1 fully saturated rings. The van der Waals surface area contributed by atoms with Gasteiger partial charge in [-0.3, -0.25) is 4.98 Å². The van der Waals surface area contributed by atoms with E-state index < -0.39 is 17.7 Å². The summed E-state index contributed by atoms with van der Waals surface area (Å²) in [7, 11) is 0. The predicted molar refractivity (Wildman–Crippen MR) is 103 cm³/mol. The lowest BCUT2D eigenvalue weighted by Crippen LogP contribution is -2.39. The fraction of sp³-hybridized carbons (Fsp3) is 0.130. The maximum atomic E-state index is 13.3. The molecule has 0 bridgehead atoms. The molecular weight excluding hydrogens is 355 g/mol. The lowest BCUT2D eigenvalue weighted by atomic mass is 9.84. The Labute approximate surface area is 162 Å². The predicted octanol–water partition coefficient (Wildman–Crippen LogP) is 4.32. The normalized spacial score (nSPS) is 20.6. The molecule has 4 rings (SSSR count). The van der Waals surface area contributed by atoms with Crippen molar-refractivity contribution in [3.05, 3.63) is 101 Å². The number of rotatable bonds is 2. The molecule has 138 valence electrons. The summed E-state index contributed by atoms with van der Waals surface area (Å²) in [5.41, 5.74) is 2.23. The molecule has 1 aromatic heterocycles. The van der Waals surface area contributed by atoms with E-state index in [-0.39, 0.29) is 5.82 Å². The van der Waals surface area contributed by atoms with Gasteiger partial charge in [-0.25, -0.2) is 9.18 Å². The average Bonchev–Trinajstić information content (AvgIpc) is 3.03. The first-order chi connectivity index (χ1) is 13.5. The highest BCUT2D eigenvalue weighted by molar-refractivity contribution is 5.72. The molecule has 1 N–H and O–H groups in total. The smallest absolute Gasteiger partial charge is 0.408 e. The summed E-state index contributed by atoms with van der Waals surface area (Å²) in [5.74, 6) is 5.85. The van der Waals surface area contributed by atoms with Crippen LogP contribution in [-0.4, -0.2) is 11.1 Å². The van der Waals surface area contributed by atoms with Crippen molar-refractivity contribution in [2.75, 3.05) is 0 Å². The van der Waals surface area contributed by atoms with Crippen LogP contribution in [0.15, 0.2) is 73.1 Å². The molecule has 0 spiro atoms. The molecule has 0 saturated carbocycles. The van der Waals surface area contributed by atoms with Gasteiger partial charge in [0.05, 0.1) is 0 Å². The third-order valence-corrected chi connectivity index (χ3v) is 4.75. The third-order valence-electron chi connectivity index (χ3n) is 4.75. The summed E-state index contributed by atoms with van der Waals surface area (Å²) in [6, 6.07) is 17.5. The Bertz CT molecular complexity index is 1070. The largest absolute Gasteiger partial charge is 0.438 e. The van der Waals surface area contributed by atoms with E-state index >= 15 is 0 Å².